The summed E-state index contributed by atoms with van der Waals surface area (Å²) in [5.41, 5.74) is 3.82. The molecule has 1 aromatic heterocycles. The van der Waals surface area contributed by atoms with Gasteiger partial charge in [-0.05, 0) is 54.0 Å². The molecule has 0 atom stereocenters. The van der Waals surface area contributed by atoms with Gasteiger partial charge in [-0.3, -0.25) is 4.68 Å². The van der Waals surface area contributed by atoms with E-state index in [-0.39, 0.29) is 5.82 Å². The van der Waals surface area contributed by atoms with Crippen molar-refractivity contribution in [3.8, 4) is 11.3 Å². The fourth-order valence-electron chi connectivity index (χ4n) is 1.81. The van der Waals surface area contributed by atoms with Crippen LogP contribution in [0.2, 0.25) is 0 Å². The average molecular weight is 309 g/mol. The standard InChI is InChI=1S/C14H14BrFN2/c1-9(2)8-18-14(13(15)10(3)17-18)11-4-6-12(16)7-5-11/h4-7H,1,8H2,2-3H3. The minimum absolute atomic E-state index is 0.238. The van der Waals surface area contributed by atoms with Gasteiger partial charge in [-0.25, -0.2) is 4.39 Å². The summed E-state index contributed by atoms with van der Waals surface area (Å²) in [6.07, 6.45) is 0. The van der Waals surface area contributed by atoms with Crippen LogP contribution in [-0.4, -0.2) is 9.78 Å². The number of aryl methyl sites for hydroxylation is 1. The highest BCUT2D eigenvalue weighted by Crippen LogP contribution is 2.31. The Labute approximate surface area is 114 Å². The molecule has 2 aromatic rings. The minimum atomic E-state index is -0.238. The quantitative estimate of drug-likeness (QED) is 0.771. The third-order valence-corrected chi connectivity index (χ3v) is 3.54. The molecule has 0 saturated heterocycles. The second kappa shape index (κ2) is 5.06. The van der Waals surface area contributed by atoms with Crippen LogP contribution in [0.1, 0.15) is 12.6 Å². The number of benzene rings is 1. The predicted molar refractivity (Wildman–Crippen MR) is 74.9 cm³/mol. The van der Waals surface area contributed by atoms with Crippen LogP contribution < -0.4 is 0 Å². The molecule has 1 heterocycles. The molecule has 0 aliphatic carbocycles. The second-order valence-electron chi connectivity index (χ2n) is 4.37. The molecule has 0 unspecified atom stereocenters. The Morgan fingerprint density at radius 1 is 1.39 bits per heavy atom. The van der Waals surface area contributed by atoms with Crippen molar-refractivity contribution in [2.75, 3.05) is 0 Å². The van der Waals surface area contributed by atoms with Crippen LogP contribution in [0.3, 0.4) is 0 Å². The van der Waals surface area contributed by atoms with Crippen molar-refractivity contribution in [3.63, 3.8) is 0 Å². The number of rotatable bonds is 3. The molecule has 0 radical (unpaired) electrons. The van der Waals surface area contributed by atoms with Crippen LogP contribution >= 0.6 is 15.9 Å². The van der Waals surface area contributed by atoms with E-state index in [1.165, 1.54) is 12.1 Å². The van der Waals surface area contributed by atoms with E-state index in [0.717, 1.165) is 27.0 Å². The molecular formula is C14H14BrFN2. The first-order valence-corrected chi connectivity index (χ1v) is 6.41. The van der Waals surface area contributed by atoms with Crippen LogP contribution in [0.5, 0.6) is 0 Å². The molecule has 1 aromatic carbocycles. The lowest BCUT2D eigenvalue weighted by atomic mass is 10.1. The first-order valence-electron chi connectivity index (χ1n) is 5.62. The molecule has 2 rings (SSSR count). The highest BCUT2D eigenvalue weighted by atomic mass is 79.9. The van der Waals surface area contributed by atoms with Crippen molar-refractivity contribution in [3.05, 3.63) is 52.4 Å². The fourth-order valence-corrected chi connectivity index (χ4v) is 2.33. The van der Waals surface area contributed by atoms with Gasteiger partial charge in [0, 0.05) is 5.56 Å². The van der Waals surface area contributed by atoms with Gasteiger partial charge in [0.2, 0.25) is 0 Å². The average Bonchev–Trinajstić information content (AvgIpc) is 2.55. The Hall–Kier alpha value is -1.42. The number of aromatic nitrogens is 2. The second-order valence-corrected chi connectivity index (χ2v) is 5.16. The van der Waals surface area contributed by atoms with Crippen molar-refractivity contribution in [2.45, 2.75) is 20.4 Å². The molecule has 0 aliphatic rings. The Kier molecular flexibility index (Phi) is 3.66. The molecule has 2 nitrogen and oxygen atoms in total. The summed E-state index contributed by atoms with van der Waals surface area (Å²) < 4.78 is 15.8. The predicted octanol–water partition coefficient (Wildman–Crippen LogP) is 4.34. The number of halogens is 2. The summed E-state index contributed by atoms with van der Waals surface area (Å²) in [5.74, 6) is -0.238. The maximum absolute atomic E-state index is 13.0. The van der Waals surface area contributed by atoms with Gasteiger partial charge in [-0.15, -0.1) is 0 Å². The summed E-state index contributed by atoms with van der Waals surface area (Å²) in [5, 5.41) is 4.46. The minimum Gasteiger partial charge on any atom is -0.259 e. The van der Waals surface area contributed by atoms with Crippen LogP contribution in [0, 0.1) is 12.7 Å². The Balaban J connectivity index is 2.54. The topological polar surface area (TPSA) is 17.8 Å². The van der Waals surface area contributed by atoms with Crippen LogP contribution in [-0.2, 0) is 6.54 Å². The zero-order chi connectivity index (χ0) is 13.3. The molecule has 0 fully saturated rings. The van der Waals surface area contributed by atoms with E-state index in [1.54, 1.807) is 12.1 Å². The van der Waals surface area contributed by atoms with Crippen LogP contribution in [0.25, 0.3) is 11.3 Å². The third-order valence-electron chi connectivity index (χ3n) is 2.59. The van der Waals surface area contributed by atoms with Gasteiger partial charge in [-0.1, -0.05) is 12.2 Å². The van der Waals surface area contributed by atoms with Gasteiger partial charge in [0.15, 0.2) is 0 Å². The number of nitrogens with zero attached hydrogens (tertiary/aromatic N) is 2. The van der Waals surface area contributed by atoms with E-state index in [4.69, 9.17) is 0 Å². The van der Waals surface area contributed by atoms with Gasteiger partial charge in [0.05, 0.1) is 22.4 Å². The van der Waals surface area contributed by atoms with E-state index in [1.807, 2.05) is 18.5 Å². The SMILES string of the molecule is C=C(C)Cn1nc(C)c(Br)c1-c1ccc(F)cc1. The van der Waals surface area contributed by atoms with Gasteiger partial charge >= 0.3 is 0 Å². The zero-order valence-electron chi connectivity index (χ0n) is 10.4. The Morgan fingerprint density at radius 3 is 2.56 bits per heavy atom. The van der Waals surface area contributed by atoms with Crippen LogP contribution in [0.4, 0.5) is 4.39 Å². The molecule has 0 spiro atoms. The summed E-state index contributed by atoms with van der Waals surface area (Å²) in [4.78, 5) is 0. The van der Waals surface area contributed by atoms with Gasteiger partial charge in [0.1, 0.15) is 5.82 Å². The molecule has 0 saturated carbocycles. The smallest absolute Gasteiger partial charge is 0.123 e. The number of hydrogen-bond acceptors (Lipinski definition) is 1. The highest BCUT2D eigenvalue weighted by Gasteiger charge is 2.14. The van der Waals surface area contributed by atoms with Crippen molar-refractivity contribution < 1.29 is 4.39 Å². The fraction of sp³-hybridized carbons (Fsp3) is 0.214. The maximum Gasteiger partial charge on any atom is 0.123 e. The normalized spacial score (nSPS) is 10.7. The lowest BCUT2D eigenvalue weighted by Gasteiger charge is -2.08. The molecule has 0 bridgehead atoms. The van der Waals surface area contributed by atoms with Gasteiger partial charge < -0.3 is 0 Å². The van der Waals surface area contributed by atoms with Crippen molar-refractivity contribution in [1.29, 1.82) is 0 Å². The molecule has 4 heteroatoms. The monoisotopic (exact) mass is 308 g/mol. The highest BCUT2D eigenvalue weighted by molar-refractivity contribution is 9.10. The van der Waals surface area contributed by atoms with Gasteiger partial charge in [-0.2, -0.15) is 5.10 Å². The molecule has 18 heavy (non-hydrogen) atoms. The largest absolute Gasteiger partial charge is 0.259 e. The zero-order valence-corrected chi connectivity index (χ0v) is 12.0. The Bertz CT molecular complexity index is 585. The molecular weight excluding hydrogens is 295 g/mol. The van der Waals surface area contributed by atoms with E-state index >= 15 is 0 Å². The number of hydrogen-bond donors (Lipinski definition) is 0. The third kappa shape index (κ3) is 2.53. The van der Waals surface area contributed by atoms with E-state index in [2.05, 4.69) is 27.6 Å². The lowest BCUT2D eigenvalue weighted by Crippen LogP contribution is -2.03. The summed E-state index contributed by atoms with van der Waals surface area (Å²) in [6.45, 7) is 8.45. The Morgan fingerprint density at radius 2 is 2.00 bits per heavy atom. The summed E-state index contributed by atoms with van der Waals surface area (Å²) >= 11 is 3.54. The van der Waals surface area contributed by atoms with Crippen LogP contribution in [0.15, 0.2) is 40.9 Å². The first-order chi connectivity index (χ1) is 8.49. The van der Waals surface area contributed by atoms with E-state index in [0.29, 0.717) is 6.54 Å². The number of allylic oxidation sites excluding steroid dienone is 1. The summed E-state index contributed by atoms with van der Waals surface area (Å²) in [7, 11) is 0. The lowest BCUT2D eigenvalue weighted by molar-refractivity contribution is 0.627. The summed E-state index contributed by atoms with van der Waals surface area (Å²) in [6, 6.07) is 6.42. The molecule has 0 aliphatic heterocycles. The van der Waals surface area contributed by atoms with Crippen molar-refractivity contribution in [2.24, 2.45) is 0 Å². The molecule has 0 amide bonds. The van der Waals surface area contributed by atoms with Crippen molar-refractivity contribution >= 4 is 15.9 Å². The van der Waals surface area contributed by atoms with Crippen molar-refractivity contribution in [1.82, 2.24) is 9.78 Å². The van der Waals surface area contributed by atoms with Gasteiger partial charge in [0.25, 0.3) is 0 Å². The maximum atomic E-state index is 13.0. The van der Waals surface area contributed by atoms with E-state index in [9.17, 15) is 4.39 Å². The molecule has 94 valence electrons. The van der Waals surface area contributed by atoms with E-state index < -0.39 is 0 Å². The molecule has 0 N–H and O–H groups in total. The first kappa shape index (κ1) is 13.0.